The average Bonchev–Trinajstić information content (AvgIpc) is 2.73. The Morgan fingerprint density at radius 2 is 2.00 bits per heavy atom. The third kappa shape index (κ3) is 2.92. The van der Waals surface area contributed by atoms with Crippen LogP contribution in [0, 0.1) is 5.92 Å². The molecule has 0 unspecified atom stereocenters. The number of carbonyl (C=O) groups is 2. The lowest BCUT2D eigenvalue weighted by molar-refractivity contribution is -0.142. The summed E-state index contributed by atoms with van der Waals surface area (Å²) in [6.45, 7) is 5.87. The van der Waals surface area contributed by atoms with Gasteiger partial charge in [0.15, 0.2) is 0 Å². The van der Waals surface area contributed by atoms with Crippen molar-refractivity contribution in [3.05, 3.63) is 35.9 Å². The van der Waals surface area contributed by atoms with Gasteiger partial charge in [0.1, 0.15) is 6.04 Å². The second kappa shape index (κ2) is 5.94. The molecule has 1 fully saturated rings. The number of carbonyl (C=O) groups excluding carboxylic acids is 2. The fourth-order valence-electron chi connectivity index (χ4n) is 1.99. The Kier molecular flexibility index (Phi) is 4.27. The van der Waals surface area contributed by atoms with Gasteiger partial charge in [-0.05, 0) is 12.8 Å². The van der Waals surface area contributed by atoms with E-state index in [2.05, 4.69) is 0 Å². The van der Waals surface area contributed by atoms with Gasteiger partial charge in [-0.15, -0.1) is 0 Å². The molecular formula is C15H19NO4. The Labute approximate surface area is 118 Å². The standard InChI is InChI=1S/C15H19NO4/c1-10(2)9-19-15(18)16-11(3)14(17)20-13(16)12-7-5-4-6-8-12/h4-8,10-11,13H,9H2,1-3H3/t11-,13+/m0/s1. The molecule has 1 aromatic carbocycles. The van der Waals surface area contributed by atoms with Crippen molar-refractivity contribution in [1.29, 1.82) is 0 Å². The topological polar surface area (TPSA) is 55.8 Å². The minimum Gasteiger partial charge on any atom is -0.449 e. The van der Waals surface area contributed by atoms with Crippen molar-refractivity contribution in [2.45, 2.75) is 33.0 Å². The van der Waals surface area contributed by atoms with Gasteiger partial charge in [-0.1, -0.05) is 44.2 Å². The van der Waals surface area contributed by atoms with Crippen molar-refractivity contribution in [3.8, 4) is 0 Å². The number of benzene rings is 1. The van der Waals surface area contributed by atoms with Crippen molar-refractivity contribution in [3.63, 3.8) is 0 Å². The van der Waals surface area contributed by atoms with E-state index in [0.717, 1.165) is 5.56 Å². The van der Waals surface area contributed by atoms with E-state index < -0.39 is 24.3 Å². The molecule has 1 aliphatic heterocycles. The van der Waals surface area contributed by atoms with Gasteiger partial charge in [0.2, 0.25) is 6.23 Å². The molecule has 108 valence electrons. The van der Waals surface area contributed by atoms with Crippen LogP contribution in [-0.4, -0.2) is 29.6 Å². The lowest BCUT2D eigenvalue weighted by atomic mass is 10.2. The Balaban J connectivity index is 2.18. The lowest BCUT2D eigenvalue weighted by Gasteiger charge is -2.24. The number of rotatable bonds is 3. The molecule has 1 aliphatic rings. The summed E-state index contributed by atoms with van der Waals surface area (Å²) in [5.74, 6) is -0.177. The summed E-state index contributed by atoms with van der Waals surface area (Å²) >= 11 is 0. The molecular weight excluding hydrogens is 258 g/mol. The number of esters is 1. The first-order chi connectivity index (χ1) is 9.50. The van der Waals surface area contributed by atoms with Crippen LogP contribution in [0.15, 0.2) is 30.3 Å². The fourth-order valence-corrected chi connectivity index (χ4v) is 1.99. The number of ether oxygens (including phenoxy) is 2. The van der Waals surface area contributed by atoms with Crippen molar-refractivity contribution < 1.29 is 19.1 Å². The molecule has 2 rings (SSSR count). The molecule has 5 nitrogen and oxygen atoms in total. The van der Waals surface area contributed by atoms with Gasteiger partial charge >= 0.3 is 12.1 Å². The minimum atomic E-state index is -0.710. The van der Waals surface area contributed by atoms with Gasteiger partial charge in [0, 0.05) is 5.56 Å². The Morgan fingerprint density at radius 3 is 2.60 bits per heavy atom. The van der Waals surface area contributed by atoms with E-state index in [1.165, 1.54) is 4.90 Å². The van der Waals surface area contributed by atoms with Crippen LogP contribution in [0.5, 0.6) is 0 Å². The summed E-state index contributed by atoms with van der Waals surface area (Å²) < 4.78 is 10.5. The molecule has 0 saturated carbocycles. The molecule has 0 radical (unpaired) electrons. The SMILES string of the molecule is CC(C)COC(=O)N1[C@@H](c2ccccc2)OC(=O)[C@@H]1C. The minimum absolute atomic E-state index is 0.239. The fraction of sp³-hybridized carbons (Fsp3) is 0.467. The maximum Gasteiger partial charge on any atom is 0.413 e. The third-order valence-corrected chi connectivity index (χ3v) is 3.07. The maximum absolute atomic E-state index is 12.2. The number of amides is 1. The number of cyclic esters (lactones) is 1. The first-order valence-electron chi connectivity index (χ1n) is 6.71. The van der Waals surface area contributed by atoms with Gasteiger partial charge in [-0.3, -0.25) is 4.90 Å². The highest BCUT2D eigenvalue weighted by atomic mass is 16.6. The lowest BCUT2D eigenvalue weighted by Crippen LogP contribution is -2.38. The second-order valence-corrected chi connectivity index (χ2v) is 5.25. The summed E-state index contributed by atoms with van der Waals surface area (Å²) in [5.41, 5.74) is 0.756. The Morgan fingerprint density at radius 1 is 1.35 bits per heavy atom. The van der Waals surface area contributed by atoms with Crippen LogP contribution in [-0.2, 0) is 14.3 Å². The second-order valence-electron chi connectivity index (χ2n) is 5.25. The molecule has 1 aromatic rings. The number of hydrogen-bond acceptors (Lipinski definition) is 4. The molecule has 0 spiro atoms. The highest BCUT2D eigenvalue weighted by Gasteiger charge is 2.44. The monoisotopic (exact) mass is 277 g/mol. The van der Waals surface area contributed by atoms with Gasteiger partial charge in [-0.2, -0.15) is 0 Å². The predicted octanol–water partition coefficient (Wildman–Crippen LogP) is 2.73. The highest BCUT2D eigenvalue weighted by Crippen LogP contribution is 2.32. The Bertz CT molecular complexity index is 486. The third-order valence-electron chi connectivity index (χ3n) is 3.07. The van der Waals surface area contributed by atoms with Crippen molar-refractivity contribution in [1.82, 2.24) is 4.90 Å². The van der Waals surface area contributed by atoms with E-state index in [9.17, 15) is 9.59 Å². The first-order valence-corrected chi connectivity index (χ1v) is 6.71. The largest absolute Gasteiger partial charge is 0.449 e. The average molecular weight is 277 g/mol. The number of hydrogen-bond donors (Lipinski definition) is 0. The smallest absolute Gasteiger partial charge is 0.413 e. The molecule has 0 bridgehead atoms. The van der Waals surface area contributed by atoms with E-state index in [1.807, 2.05) is 44.2 Å². The zero-order valence-electron chi connectivity index (χ0n) is 11.9. The van der Waals surface area contributed by atoms with Crippen LogP contribution in [0.4, 0.5) is 4.79 Å². The predicted molar refractivity (Wildman–Crippen MR) is 72.8 cm³/mol. The summed E-state index contributed by atoms with van der Waals surface area (Å²) in [5, 5.41) is 0. The van der Waals surface area contributed by atoms with E-state index >= 15 is 0 Å². The van der Waals surface area contributed by atoms with E-state index in [4.69, 9.17) is 9.47 Å². The van der Waals surface area contributed by atoms with Gasteiger partial charge < -0.3 is 9.47 Å². The van der Waals surface area contributed by atoms with Crippen LogP contribution in [0.2, 0.25) is 0 Å². The van der Waals surface area contributed by atoms with Crippen LogP contribution in [0.1, 0.15) is 32.6 Å². The zero-order valence-corrected chi connectivity index (χ0v) is 11.9. The van der Waals surface area contributed by atoms with Gasteiger partial charge in [0.05, 0.1) is 6.61 Å². The normalized spacial score (nSPS) is 22.0. The summed E-state index contributed by atoms with van der Waals surface area (Å²) in [7, 11) is 0. The van der Waals surface area contributed by atoms with Crippen LogP contribution in [0.25, 0.3) is 0 Å². The molecule has 1 heterocycles. The Hall–Kier alpha value is -2.04. The van der Waals surface area contributed by atoms with Crippen molar-refractivity contribution in [2.75, 3.05) is 6.61 Å². The summed E-state index contributed by atoms with van der Waals surface area (Å²) in [6.07, 6.45) is -1.23. The molecule has 0 aliphatic carbocycles. The van der Waals surface area contributed by atoms with Crippen molar-refractivity contribution in [2.24, 2.45) is 5.92 Å². The van der Waals surface area contributed by atoms with Gasteiger partial charge in [0.25, 0.3) is 0 Å². The first kappa shape index (κ1) is 14.4. The van der Waals surface area contributed by atoms with Crippen LogP contribution in [0.3, 0.4) is 0 Å². The highest BCUT2D eigenvalue weighted by molar-refractivity contribution is 5.84. The van der Waals surface area contributed by atoms with Crippen LogP contribution < -0.4 is 0 Å². The maximum atomic E-state index is 12.2. The molecule has 0 aromatic heterocycles. The quantitative estimate of drug-likeness (QED) is 0.797. The van der Waals surface area contributed by atoms with Crippen molar-refractivity contribution >= 4 is 12.1 Å². The van der Waals surface area contributed by atoms with E-state index in [1.54, 1.807) is 6.92 Å². The van der Waals surface area contributed by atoms with E-state index in [0.29, 0.717) is 6.61 Å². The molecule has 1 amide bonds. The zero-order chi connectivity index (χ0) is 14.7. The number of nitrogens with zero attached hydrogens (tertiary/aromatic N) is 1. The molecule has 5 heteroatoms. The summed E-state index contributed by atoms with van der Waals surface area (Å²) in [4.78, 5) is 25.2. The molecule has 20 heavy (non-hydrogen) atoms. The molecule has 1 saturated heterocycles. The van der Waals surface area contributed by atoms with E-state index in [-0.39, 0.29) is 5.92 Å². The summed E-state index contributed by atoms with van der Waals surface area (Å²) in [6, 6.07) is 8.54. The van der Waals surface area contributed by atoms with Crippen LogP contribution >= 0.6 is 0 Å². The van der Waals surface area contributed by atoms with Gasteiger partial charge in [-0.25, -0.2) is 9.59 Å². The molecule has 0 N–H and O–H groups in total. The molecule has 2 atom stereocenters.